The van der Waals surface area contributed by atoms with Crippen molar-refractivity contribution in [2.45, 2.75) is 50.9 Å². The van der Waals surface area contributed by atoms with Crippen LogP contribution in [0.4, 0.5) is 0 Å². The summed E-state index contributed by atoms with van der Waals surface area (Å²) in [5.41, 5.74) is 2.79. The highest BCUT2D eigenvalue weighted by Crippen LogP contribution is 2.61. The van der Waals surface area contributed by atoms with Crippen LogP contribution in [0.25, 0.3) is 6.08 Å². The van der Waals surface area contributed by atoms with Crippen molar-refractivity contribution in [1.82, 2.24) is 4.90 Å². The van der Waals surface area contributed by atoms with E-state index in [0.29, 0.717) is 21.2 Å². The molecule has 5 fully saturated rings. The topological polar surface area (TPSA) is 29.5 Å². The Morgan fingerprint density at radius 1 is 1.21 bits per heavy atom. The number of carbonyl (C=O) groups excluding carboxylic acids is 1. The predicted octanol–water partition coefficient (Wildman–Crippen LogP) is 5.38. The fourth-order valence-corrected chi connectivity index (χ4v) is 7.93. The predicted molar refractivity (Wildman–Crippen MR) is 118 cm³/mol. The molecule has 148 valence electrons. The molecular formula is C23H27NO2S2. The number of likely N-dealkylation sites (N-methyl/N-ethyl adjacent to an activating group) is 1. The van der Waals surface area contributed by atoms with Gasteiger partial charge < -0.3 is 4.74 Å². The SMILES string of the molecule is CCN1C(=O)/C(=C/c2cc(C34CC5CC(CC(C5)C3)C4)ccc2OC)SC1=S. The number of methoxy groups -OCH3 is 1. The lowest BCUT2D eigenvalue weighted by atomic mass is 9.48. The van der Waals surface area contributed by atoms with Crippen LogP contribution in [0, 0.1) is 17.8 Å². The van der Waals surface area contributed by atoms with Crippen LogP contribution in [0.3, 0.4) is 0 Å². The molecule has 0 N–H and O–H groups in total. The van der Waals surface area contributed by atoms with Crippen LogP contribution in [-0.2, 0) is 10.2 Å². The Bertz CT molecular complexity index is 840. The van der Waals surface area contributed by atoms with Crippen molar-refractivity contribution in [2.24, 2.45) is 17.8 Å². The van der Waals surface area contributed by atoms with Crippen molar-refractivity contribution in [3.63, 3.8) is 0 Å². The van der Waals surface area contributed by atoms with Gasteiger partial charge in [-0.1, -0.05) is 30.0 Å². The van der Waals surface area contributed by atoms with Crippen molar-refractivity contribution >= 4 is 40.3 Å². The number of rotatable bonds is 4. The second kappa shape index (κ2) is 6.88. The van der Waals surface area contributed by atoms with E-state index in [1.54, 1.807) is 12.0 Å². The Morgan fingerprint density at radius 3 is 2.39 bits per heavy atom. The lowest BCUT2D eigenvalue weighted by Crippen LogP contribution is -2.48. The molecule has 1 aromatic rings. The van der Waals surface area contributed by atoms with E-state index in [9.17, 15) is 4.79 Å². The molecule has 0 unspecified atom stereocenters. The van der Waals surface area contributed by atoms with E-state index >= 15 is 0 Å². The van der Waals surface area contributed by atoms with Crippen molar-refractivity contribution in [3.05, 3.63) is 34.2 Å². The third-order valence-corrected chi connectivity index (χ3v) is 8.73. The van der Waals surface area contributed by atoms with Crippen LogP contribution in [0.15, 0.2) is 23.1 Å². The van der Waals surface area contributed by atoms with E-state index < -0.39 is 0 Å². The van der Waals surface area contributed by atoms with Crippen LogP contribution >= 0.6 is 24.0 Å². The summed E-state index contributed by atoms with van der Waals surface area (Å²) in [7, 11) is 1.70. The molecule has 0 radical (unpaired) electrons. The summed E-state index contributed by atoms with van der Waals surface area (Å²) in [4.78, 5) is 15.0. The minimum absolute atomic E-state index is 0.0137. The van der Waals surface area contributed by atoms with Crippen molar-refractivity contribution in [3.8, 4) is 5.75 Å². The molecule has 0 atom stereocenters. The molecule has 4 bridgehead atoms. The molecule has 1 aromatic carbocycles. The molecule has 1 amide bonds. The largest absolute Gasteiger partial charge is 0.496 e. The van der Waals surface area contributed by atoms with Gasteiger partial charge in [-0.15, -0.1) is 0 Å². The van der Waals surface area contributed by atoms with E-state index in [1.165, 1.54) is 55.9 Å². The normalized spacial score (nSPS) is 35.3. The number of benzene rings is 1. The van der Waals surface area contributed by atoms with E-state index in [1.807, 2.05) is 13.0 Å². The van der Waals surface area contributed by atoms with Gasteiger partial charge in [0.15, 0.2) is 0 Å². The maximum Gasteiger partial charge on any atom is 0.266 e. The molecule has 3 nitrogen and oxygen atoms in total. The van der Waals surface area contributed by atoms with Gasteiger partial charge in [0.1, 0.15) is 10.1 Å². The van der Waals surface area contributed by atoms with Crippen LogP contribution in [-0.4, -0.2) is 28.8 Å². The molecule has 1 heterocycles. The van der Waals surface area contributed by atoms with Gasteiger partial charge in [0.25, 0.3) is 5.91 Å². The smallest absolute Gasteiger partial charge is 0.266 e. The van der Waals surface area contributed by atoms with E-state index in [2.05, 4.69) is 18.2 Å². The van der Waals surface area contributed by atoms with Gasteiger partial charge in [-0.05, 0) is 92.4 Å². The molecule has 1 aliphatic heterocycles. The maximum atomic E-state index is 12.7. The Morgan fingerprint density at radius 2 is 1.86 bits per heavy atom. The first kappa shape index (κ1) is 18.7. The Labute approximate surface area is 176 Å². The number of thiocarbonyl (C=S) groups is 1. The fourth-order valence-electron chi connectivity index (χ4n) is 6.56. The molecule has 5 aliphatic rings. The summed E-state index contributed by atoms with van der Waals surface area (Å²) < 4.78 is 6.28. The zero-order valence-electron chi connectivity index (χ0n) is 16.6. The Kier molecular flexibility index (Phi) is 4.59. The molecule has 5 heteroatoms. The minimum atomic E-state index is 0.0137. The van der Waals surface area contributed by atoms with Gasteiger partial charge in [-0.2, -0.15) is 0 Å². The van der Waals surface area contributed by atoms with Crippen molar-refractivity contribution in [2.75, 3.05) is 13.7 Å². The van der Waals surface area contributed by atoms with Crippen LogP contribution in [0.5, 0.6) is 5.75 Å². The van der Waals surface area contributed by atoms with E-state index in [4.69, 9.17) is 17.0 Å². The van der Waals surface area contributed by atoms with Gasteiger partial charge in [-0.3, -0.25) is 9.69 Å². The number of hydrogen-bond donors (Lipinski definition) is 0. The fraction of sp³-hybridized carbons (Fsp3) is 0.565. The second-order valence-corrected chi connectivity index (χ2v) is 10.8. The summed E-state index contributed by atoms with van der Waals surface area (Å²) in [5.74, 6) is 3.59. The molecule has 4 aliphatic carbocycles. The first-order chi connectivity index (χ1) is 13.5. The molecule has 4 saturated carbocycles. The third kappa shape index (κ3) is 2.93. The number of nitrogens with zero attached hydrogens (tertiary/aromatic N) is 1. The number of thioether (sulfide) groups is 1. The standard InChI is InChI=1S/C23H27NO2S2/c1-3-24-21(25)20(28-22(24)27)10-17-9-18(4-5-19(17)26-2)23-11-14-6-15(12-23)8-16(7-14)13-23/h4-5,9-10,14-16H,3,6-8,11-13H2,1-2H3/b20-10-. The van der Waals surface area contributed by atoms with Crippen molar-refractivity contribution in [1.29, 1.82) is 0 Å². The number of hydrogen-bond acceptors (Lipinski definition) is 4. The van der Waals surface area contributed by atoms with Gasteiger partial charge in [-0.25, -0.2) is 0 Å². The molecule has 1 saturated heterocycles. The zero-order valence-corrected chi connectivity index (χ0v) is 18.2. The lowest BCUT2D eigenvalue weighted by Gasteiger charge is -2.57. The summed E-state index contributed by atoms with van der Waals surface area (Å²) >= 11 is 6.77. The van der Waals surface area contributed by atoms with Crippen LogP contribution in [0.2, 0.25) is 0 Å². The number of ether oxygens (including phenoxy) is 1. The molecule has 6 rings (SSSR count). The monoisotopic (exact) mass is 413 g/mol. The lowest BCUT2D eigenvalue weighted by molar-refractivity contribution is -0.121. The molecule has 0 aromatic heterocycles. The quantitative estimate of drug-likeness (QED) is 0.489. The van der Waals surface area contributed by atoms with Gasteiger partial charge in [0, 0.05) is 12.1 Å². The van der Waals surface area contributed by atoms with Gasteiger partial charge in [0.2, 0.25) is 0 Å². The molecular weight excluding hydrogens is 386 g/mol. The Hall–Kier alpha value is -1.33. The van der Waals surface area contributed by atoms with Crippen molar-refractivity contribution < 1.29 is 9.53 Å². The second-order valence-electron chi connectivity index (χ2n) is 9.08. The van der Waals surface area contributed by atoms with Crippen LogP contribution in [0.1, 0.15) is 56.6 Å². The van der Waals surface area contributed by atoms with Crippen LogP contribution < -0.4 is 4.74 Å². The number of amides is 1. The highest BCUT2D eigenvalue weighted by atomic mass is 32.2. The molecule has 0 spiro atoms. The molecule has 28 heavy (non-hydrogen) atoms. The van der Waals surface area contributed by atoms with Gasteiger partial charge >= 0.3 is 0 Å². The van der Waals surface area contributed by atoms with E-state index in [-0.39, 0.29) is 5.91 Å². The Balaban J connectivity index is 1.52. The number of carbonyl (C=O) groups is 1. The maximum absolute atomic E-state index is 12.7. The third-order valence-electron chi connectivity index (χ3n) is 7.36. The average molecular weight is 414 g/mol. The highest BCUT2D eigenvalue weighted by Gasteiger charge is 2.51. The first-order valence-electron chi connectivity index (χ1n) is 10.4. The zero-order chi connectivity index (χ0) is 19.5. The highest BCUT2D eigenvalue weighted by molar-refractivity contribution is 8.26. The summed E-state index contributed by atoms with van der Waals surface area (Å²) in [6, 6.07) is 6.67. The first-order valence-corrected chi connectivity index (χ1v) is 11.7. The van der Waals surface area contributed by atoms with Gasteiger partial charge in [0.05, 0.1) is 12.0 Å². The summed E-state index contributed by atoms with van der Waals surface area (Å²) in [5, 5.41) is 0. The summed E-state index contributed by atoms with van der Waals surface area (Å²) in [6.07, 6.45) is 10.3. The average Bonchev–Trinajstić information content (AvgIpc) is 2.93. The van der Waals surface area contributed by atoms with E-state index in [0.717, 1.165) is 29.1 Å². The summed E-state index contributed by atoms with van der Waals surface area (Å²) in [6.45, 7) is 2.58. The minimum Gasteiger partial charge on any atom is -0.496 e.